The van der Waals surface area contributed by atoms with Crippen molar-refractivity contribution in [1.29, 1.82) is 5.26 Å². The number of fused-ring (bicyclic) bond motifs is 3. The summed E-state index contributed by atoms with van der Waals surface area (Å²) < 4.78 is 0. The van der Waals surface area contributed by atoms with Crippen LogP contribution < -0.4 is 17.2 Å². The summed E-state index contributed by atoms with van der Waals surface area (Å²) in [5, 5.41) is 43.8. The van der Waals surface area contributed by atoms with Crippen molar-refractivity contribution in [3.8, 4) is 23.7 Å². The topological polar surface area (TPSA) is 217 Å². The molecule has 1 amide bonds. The SMILES string of the molecule is CCC(C)C#Cc1ccc(O)c2c1C[C@@]1(N)C[C@@]3(N)[C@H](N(C)C)C(=O)C(C(N)=O)=C(O)[C@@]3(C#N)C(=O)C1=C2O. The minimum Gasteiger partial charge on any atom is -0.509 e. The summed E-state index contributed by atoms with van der Waals surface area (Å²) in [4.78, 5) is 41.3. The van der Waals surface area contributed by atoms with Gasteiger partial charge in [-0.15, -0.1) is 0 Å². The molecule has 0 aromatic heterocycles. The Hall–Kier alpha value is -4.16. The number of nitrogens with zero attached hydrogens (tertiary/aromatic N) is 2. The molecule has 3 aliphatic rings. The zero-order chi connectivity index (χ0) is 29.2. The summed E-state index contributed by atoms with van der Waals surface area (Å²) in [5.74, 6) is 0.514. The van der Waals surface area contributed by atoms with Gasteiger partial charge in [0, 0.05) is 11.5 Å². The number of ketones is 2. The summed E-state index contributed by atoms with van der Waals surface area (Å²) in [6, 6.07) is 3.20. The van der Waals surface area contributed by atoms with Crippen LogP contribution in [0.15, 0.2) is 29.0 Å². The van der Waals surface area contributed by atoms with E-state index in [1.165, 1.54) is 25.1 Å². The lowest BCUT2D eigenvalue weighted by Crippen LogP contribution is -2.80. The molecular weight excluding hydrogens is 502 g/mol. The Balaban J connectivity index is 2.09. The van der Waals surface area contributed by atoms with Crippen LogP contribution in [0.5, 0.6) is 5.75 Å². The molecule has 0 aliphatic heterocycles. The molecular formula is C28H31N5O6. The third-order valence-electron chi connectivity index (χ3n) is 8.20. The van der Waals surface area contributed by atoms with Crippen molar-refractivity contribution in [1.82, 2.24) is 4.90 Å². The quantitative estimate of drug-likeness (QED) is 0.231. The van der Waals surface area contributed by atoms with Gasteiger partial charge in [-0.2, -0.15) is 5.26 Å². The molecule has 4 rings (SSSR count). The van der Waals surface area contributed by atoms with Gasteiger partial charge in [0.05, 0.1) is 34.3 Å². The fourth-order valence-electron chi connectivity index (χ4n) is 6.25. The number of likely N-dealkylation sites (N-methyl/N-ethyl adjacent to an activating group) is 1. The minimum absolute atomic E-state index is 0.0627. The van der Waals surface area contributed by atoms with E-state index in [2.05, 4.69) is 11.8 Å². The largest absolute Gasteiger partial charge is 0.509 e. The number of rotatable bonds is 3. The van der Waals surface area contributed by atoms with E-state index in [0.717, 1.165) is 6.42 Å². The number of primary amides is 1. The fraction of sp³-hybridized carbons (Fsp3) is 0.429. The van der Waals surface area contributed by atoms with Crippen molar-refractivity contribution in [3.63, 3.8) is 0 Å². The number of Topliss-reactive ketones (excluding diaryl/α,β-unsaturated/α-hetero) is 2. The van der Waals surface area contributed by atoms with Gasteiger partial charge in [0.1, 0.15) is 22.8 Å². The van der Waals surface area contributed by atoms with E-state index in [4.69, 9.17) is 17.2 Å². The van der Waals surface area contributed by atoms with Gasteiger partial charge in [0.15, 0.2) is 17.0 Å². The second kappa shape index (κ2) is 8.95. The fourth-order valence-corrected chi connectivity index (χ4v) is 6.25. The Kier molecular flexibility index (Phi) is 6.40. The number of aliphatic hydroxyl groups is 2. The van der Waals surface area contributed by atoms with E-state index in [0.29, 0.717) is 11.1 Å². The number of phenolic OH excluding ortho intramolecular Hbond substituents is 1. The molecule has 39 heavy (non-hydrogen) atoms. The highest BCUT2D eigenvalue weighted by Gasteiger charge is 2.74. The summed E-state index contributed by atoms with van der Waals surface area (Å²) in [6.45, 7) is 3.93. The molecule has 11 heteroatoms. The highest BCUT2D eigenvalue weighted by Crippen LogP contribution is 2.58. The number of nitriles is 1. The normalized spacial score (nSPS) is 30.6. The molecule has 1 aromatic rings. The molecule has 0 radical (unpaired) electrons. The van der Waals surface area contributed by atoms with Gasteiger partial charge in [-0.05, 0) is 51.1 Å². The monoisotopic (exact) mass is 533 g/mol. The lowest BCUT2D eigenvalue weighted by Gasteiger charge is -2.58. The zero-order valence-electron chi connectivity index (χ0n) is 22.1. The lowest BCUT2D eigenvalue weighted by molar-refractivity contribution is -0.139. The molecule has 0 spiro atoms. The first kappa shape index (κ1) is 27.9. The number of carbonyl (C=O) groups is 3. The Labute approximate surface area is 225 Å². The third-order valence-corrected chi connectivity index (χ3v) is 8.20. The van der Waals surface area contributed by atoms with Gasteiger partial charge in [-0.25, -0.2) is 0 Å². The van der Waals surface area contributed by atoms with Crippen LogP contribution in [0.1, 0.15) is 43.4 Å². The van der Waals surface area contributed by atoms with Gasteiger partial charge in [-0.1, -0.05) is 25.7 Å². The summed E-state index contributed by atoms with van der Waals surface area (Å²) >= 11 is 0. The summed E-state index contributed by atoms with van der Waals surface area (Å²) in [7, 11) is 2.93. The van der Waals surface area contributed by atoms with Gasteiger partial charge >= 0.3 is 0 Å². The Morgan fingerprint density at radius 1 is 1.23 bits per heavy atom. The average molecular weight is 534 g/mol. The highest BCUT2D eigenvalue weighted by atomic mass is 16.3. The molecule has 1 fully saturated rings. The number of amides is 1. The molecule has 204 valence electrons. The van der Waals surface area contributed by atoms with Gasteiger partial charge < -0.3 is 32.5 Å². The van der Waals surface area contributed by atoms with Crippen LogP contribution in [0.2, 0.25) is 0 Å². The third kappa shape index (κ3) is 3.51. The van der Waals surface area contributed by atoms with Crippen molar-refractivity contribution in [2.75, 3.05) is 14.1 Å². The van der Waals surface area contributed by atoms with Gasteiger partial charge in [-0.3, -0.25) is 19.3 Å². The molecule has 11 nitrogen and oxygen atoms in total. The number of carbonyl (C=O) groups excluding carboxylic acids is 3. The van der Waals surface area contributed by atoms with Crippen LogP contribution in [0.3, 0.4) is 0 Å². The number of phenols is 1. The lowest BCUT2D eigenvalue weighted by atomic mass is 9.47. The maximum Gasteiger partial charge on any atom is 0.255 e. The molecule has 0 saturated heterocycles. The number of hydrogen-bond acceptors (Lipinski definition) is 10. The molecule has 5 atom stereocenters. The van der Waals surface area contributed by atoms with Crippen molar-refractivity contribution >= 4 is 23.2 Å². The van der Waals surface area contributed by atoms with Crippen LogP contribution in [-0.2, 0) is 20.8 Å². The van der Waals surface area contributed by atoms with Crippen LogP contribution >= 0.6 is 0 Å². The van der Waals surface area contributed by atoms with E-state index in [9.17, 15) is 35.0 Å². The number of benzene rings is 1. The first-order valence-electron chi connectivity index (χ1n) is 12.4. The predicted molar refractivity (Wildman–Crippen MR) is 141 cm³/mol. The van der Waals surface area contributed by atoms with E-state index in [-0.39, 0.29) is 23.7 Å². The number of aliphatic hydroxyl groups excluding tert-OH is 2. The maximum atomic E-state index is 14.3. The Morgan fingerprint density at radius 3 is 2.41 bits per heavy atom. The van der Waals surface area contributed by atoms with E-state index >= 15 is 0 Å². The molecule has 0 bridgehead atoms. The predicted octanol–water partition coefficient (Wildman–Crippen LogP) is 0.303. The number of hydrogen-bond donors (Lipinski definition) is 6. The second-order valence-electron chi connectivity index (χ2n) is 10.8. The first-order valence-corrected chi connectivity index (χ1v) is 12.4. The summed E-state index contributed by atoms with van der Waals surface area (Å²) in [5.41, 5.74) is 11.9. The zero-order valence-corrected chi connectivity index (χ0v) is 22.1. The smallest absolute Gasteiger partial charge is 0.255 e. The average Bonchev–Trinajstić information content (AvgIpc) is 2.82. The van der Waals surface area contributed by atoms with Crippen molar-refractivity contribution in [2.24, 2.45) is 28.5 Å². The maximum absolute atomic E-state index is 14.3. The van der Waals surface area contributed by atoms with E-state index in [1.54, 1.807) is 12.1 Å². The minimum atomic E-state index is -2.69. The molecule has 1 aromatic carbocycles. The van der Waals surface area contributed by atoms with E-state index < -0.39 is 69.1 Å². The molecule has 9 N–H and O–H groups in total. The van der Waals surface area contributed by atoms with Gasteiger partial charge in [0.2, 0.25) is 0 Å². The Bertz CT molecular complexity index is 1510. The van der Waals surface area contributed by atoms with Crippen molar-refractivity contribution < 1.29 is 29.7 Å². The highest BCUT2D eigenvalue weighted by molar-refractivity contribution is 6.25. The van der Waals surface area contributed by atoms with Gasteiger partial charge in [0.25, 0.3) is 5.91 Å². The molecule has 1 unspecified atom stereocenters. The number of nitrogens with two attached hydrogens (primary N) is 3. The molecule has 3 aliphatic carbocycles. The number of aromatic hydroxyl groups is 1. The van der Waals surface area contributed by atoms with Crippen molar-refractivity contribution in [2.45, 2.75) is 50.2 Å². The molecule has 0 heterocycles. The first-order chi connectivity index (χ1) is 18.1. The van der Waals surface area contributed by atoms with Crippen LogP contribution in [0.4, 0.5) is 0 Å². The summed E-state index contributed by atoms with van der Waals surface area (Å²) in [6.07, 6.45) is 0.235. The standard InChI is InChI=1S/C28H31N5O6/c1-5-13(2)6-7-14-8-9-16(34)17-15(14)10-26(31)11-28(32)22(33(3)4)21(36)18(25(30)39)23(37)27(28,12-29)24(38)19(26)20(17)35/h8-9,13,22,34-35,37H,5,10-11,31-32H2,1-4H3,(H2,30,39)/t13?,22-,26-,27+,28-/m1/s1. The van der Waals surface area contributed by atoms with E-state index in [1.807, 2.05) is 13.8 Å². The van der Waals surface area contributed by atoms with Crippen LogP contribution in [0, 0.1) is 34.5 Å². The van der Waals surface area contributed by atoms with Crippen LogP contribution in [-0.4, -0.2) is 68.9 Å². The molecule has 1 saturated carbocycles. The van der Waals surface area contributed by atoms with Crippen molar-refractivity contribution in [3.05, 3.63) is 45.7 Å². The second-order valence-corrected chi connectivity index (χ2v) is 10.8. The Morgan fingerprint density at radius 2 is 1.87 bits per heavy atom. The van der Waals surface area contributed by atoms with Crippen LogP contribution in [0.25, 0.3) is 5.76 Å².